The minimum Gasteiger partial charge on any atom is -0.352 e. The fourth-order valence-electron chi connectivity index (χ4n) is 1.93. The van der Waals surface area contributed by atoms with E-state index in [9.17, 15) is 4.79 Å². The van der Waals surface area contributed by atoms with Crippen LogP contribution in [-0.4, -0.2) is 18.0 Å². The molecular weight excluding hydrogens is 176 g/mol. The molecule has 0 heterocycles. The van der Waals surface area contributed by atoms with Crippen molar-refractivity contribution < 1.29 is 4.79 Å². The number of rotatable bonds is 2. The van der Waals surface area contributed by atoms with E-state index in [4.69, 9.17) is 5.73 Å². The third kappa shape index (κ3) is 4.09. The maximum absolute atomic E-state index is 11.4. The summed E-state index contributed by atoms with van der Waals surface area (Å²) in [6.45, 7) is 1.73. The molecule has 1 saturated carbocycles. The third-order valence-corrected chi connectivity index (χ3v) is 2.87. The predicted molar refractivity (Wildman–Crippen MR) is 57.9 cm³/mol. The van der Waals surface area contributed by atoms with Crippen LogP contribution < -0.4 is 11.1 Å². The first-order valence-electron chi connectivity index (χ1n) is 5.76. The molecule has 1 rings (SSSR count). The molecule has 0 aromatic heterocycles. The Labute approximate surface area is 86.4 Å². The van der Waals surface area contributed by atoms with E-state index >= 15 is 0 Å². The van der Waals surface area contributed by atoms with Gasteiger partial charge in [-0.3, -0.25) is 4.79 Å². The fourth-order valence-corrected chi connectivity index (χ4v) is 1.93. The summed E-state index contributed by atoms with van der Waals surface area (Å²) in [4.78, 5) is 11.4. The summed E-state index contributed by atoms with van der Waals surface area (Å²) in [6, 6.07) is -0.00533. The number of nitrogens with one attached hydrogen (secondary N) is 1. The van der Waals surface area contributed by atoms with Gasteiger partial charge in [-0.25, -0.2) is 0 Å². The summed E-state index contributed by atoms with van der Waals surface area (Å²) >= 11 is 0. The topological polar surface area (TPSA) is 55.1 Å². The number of nitrogens with two attached hydrogens (primary N) is 1. The summed E-state index contributed by atoms with van der Waals surface area (Å²) < 4.78 is 0. The van der Waals surface area contributed by atoms with Crippen LogP contribution in [0.25, 0.3) is 0 Å². The van der Waals surface area contributed by atoms with Gasteiger partial charge in [0, 0.05) is 6.04 Å². The van der Waals surface area contributed by atoms with Crippen LogP contribution in [0.4, 0.5) is 0 Å². The monoisotopic (exact) mass is 198 g/mol. The molecule has 0 saturated heterocycles. The zero-order chi connectivity index (χ0) is 10.4. The summed E-state index contributed by atoms with van der Waals surface area (Å²) in [6.07, 6.45) is 8.70. The van der Waals surface area contributed by atoms with E-state index in [1.54, 1.807) is 6.92 Å². The molecule has 3 nitrogen and oxygen atoms in total. The summed E-state index contributed by atoms with van der Waals surface area (Å²) in [5, 5.41) is 3.02. The van der Waals surface area contributed by atoms with Gasteiger partial charge in [0.15, 0.2) is 0 Å². The van der Waals surface area contributed by atoms with E-state index in [-0.39, 0.29) is 11.9 Å². The van der Waals surface area contributed by atoms with Crippen molar-refractivity contribution in [2.24, 2.45) is 5.73 Å². The van der Waals surface area contributed by atoms with E-state index in [1.165, 1.54) is 32.1 Å². The van der Waals surface area contributed by atoms with Gasteiger partial charge in [-0.2, -0.15) is 0 Å². The highest BCUT2D eigenvalue weighted by atomic mass is 16.2. The Hall–Kier alpha value is -0.570. The van der Waals surface area contributed by atoms with Gasteiger partial charge in [0.05, 0.1) is 6.04 Å². The first-order valence-corrected chi connectivity index (χ1v) is 5.76. The van der Waals surface area contributed by atoms with Crippen molar-refractivity contribution in [2.75, 3.05) is 0 Å². The summed E-state index contributed by atoms with van der Waals surface area (Å²) in [5.41, 5.74) is 5.51. The second kappa shape index (κ2) is 6.02. The Morgan fingerprint density at radius 3 is 2.21 bits per heavy atom. The van der Waals surface area contributed by atoms with Crippen LogP contribution >= 0.6 is 0 Å². The second-order valence-electron chi connectivity index (χ2n) is 4.34. The molecule has 1 amide bonds. The minimum atomic E-state index is -0.375. The highest BCUT2D eigenvalue weighted by Crippen LogP contribution is 2.16. The lowest BCUT2D eigenvalue weighted by atomic mass is 9.96. The molecule has 82 valence electrons. The van der Waals surface area contributed by atoms with Crippen molar-refractivity contribution in [3.8, 4) is 0 Å². The zero-order valence-corrected chi connectivity index (χ0v) is 9.09. The Balaban J connectivity index is 2.30. The molecule has 0 bridgehead atoms. The molecule has 3 heteroatoms. The van der Waals surface area contributed by atoms with E-state index in [0.29, 0.717) is 6.04 Å². The normalized spacial score (nSPS) is 22.1. The van der Waals surface area contributed by atoms with Crippen LogP contribution in [0.1, 0.15) is 51.9 Å². The zero-order valence-electron chi connectivity index (χ0n) is 9.09. The molecule has 0 spiro atoms. The van der Waals surface area contributed by atoms with Gasteiger partial charge in [0.1, 0.15) is 0 Å². The van der Waals surface area contributed by atoms with Gasteiger partial charge < -0.3 is 11.1 Å². The summed E-state index contributed by atoms with van der Waals surface area (Å²) in [7, 11) is 0. The van der Waals surface area contributed by atoms with Crippen molar-refractivity contribution in [2.45, 2.75) is 64.0 Å². The molecule has 3 N–H and O–H groups in total. The Morgan fingerprint density at radius 1 is 1.21 bits per heavy atom. The minimum absolute atomic E-state index is 0.00410. The smallest absolute Gasteiger partial charge is 0.236 e. The van der Waals surface area contributed by atoms with Crippen LogP contribution in [0.2, 0.25) is 0 Å². The van der Waals surface area contributed by atoms with E-state index in [1.807, 2.05) is 0 Å². The van der Waals surface area contributed by atoms with Crippen molar-refractivity contribution >= 4 is 5.91 Å². The van der Waals surface area contributed by atoms with Crippen LogP contribution in [0.3, 0.4) is 0 Å². The SMILES string of the molecule is C[C@H](N)C(=O)NC1CCCCCCC1. The molecule has 0 radical (unpaired) electrons. The molecule has 0 aromatic rings. The average molecular weight is 198 g/mol. The second-order valence-corrected chi connectivity index (χ2v) is 4.34. The summed E-state index contributed by atoms with van der Waals surface area (Å²) in [5.74, 6) is -0.00410. The fraction of sp³-hybridized carbons (Fsp3) is 0.909. The van der Waals surface area contributed by atoms with Crippen molar-refractivity contribution in [3.63, 3.8) is 0 Å². The van der Waals surface area contributed by atoms with Crippen molar-refractivity contribution in [1.82, 2.24) is 5.32 Å². The third-order valence-electron chi connectivity index (χ3n) is 2.87. The molecule has 14 heavy (non-hydrogen) atoms. The highest BCUT2D eigenvalue weighted by molar-refractivity contribution is 5.81. The largest absolute Gasteiger partial charge is 0.352 e. The molecule has 0 aromatic carbocycles. The molecule has 1 atom stereocenters. The molecule has 1 aliphatic rings. The maximum Gasteiger partial charge on any atom is 0.236 e. The van der Waals surface area contributed by atoms with E-state index in [2.05, 4.69) is 5.32 Å². The van der Waals surface area contributed by atoms with Crippen LogP contribution in [0, 0.1) is 0 Å². The lowest BCUT2D eigenvalue weighted by Gasteiger charge is -2.21. The maximum atomic E-state index is 11.4. The molecular formula is C11H22N2O. The molecule has 0 aliphatic heterocycles. The van der Waals surface area contributed by atoms with Crippen LogP contribution in [-0.2, 0) is 4.79 Å². The lowest BCUT2D eigenvalue weighted by Crippen LogP contribution is -2.44. The number of carbonyl (C=O) groups excluding carboxylic acids is 1. The number of hydrogen-bond acceptors (Lipinski definition) is 2. The van der Waals surface area contributed by atoms with Crippen molar-refractivity contribution in [1.29, 1.82) is 0 Å². The quantitative estimate of drug-likeness (QED) is 0.707. The Kier molecular flexibility index (Phi) is 4.94. The van der Waals surface area contributed by atoms with Gasteiger partial charge in [0.25, 0.3) is 0 Å². The van der Waals surface area contributed by atoms with Crippen LogP contribution in [0.15, 0.2) is 0 Å². The van der Waals surface area contributed by atoms with Gasteiger partial charge in [-0.05, 0) is 19.8 Å². The molecule has 0 unspecified atom stereocenters. The van der Waals surface area contributed by atoms with Gasteiger partial charge in [-0.15, -0.1) is 0 Å². The predicted octanol–water partition coefficient (Wildman–Crippen LogP) is 1.56. The average Bonchev–Trinajstić information content (AvgIpc) is 2.08. The lowest BCUT2D eigenvalue weighted by molar-refractivity contribution is -0.122. The van der Waals surface area contributed by atoms with Gasteiger partial charge in [0.2, 0.25) is 5.91 Å². The Morgan fingerprint density at radius 2 is 1.71 bits per heavy atom. The van der Waals surface area contributed by atoms with Gasteiger partial charge in [-0.1, -0.05) is 32.1 Å². The number of carbonyl (C=O) groups is 1. The van der Waals surface area contributed by atoms with Crippen molar-refractivity contribution in [3.05, 3.63) is 0 Å². The van der Waals surface area contributed by atoms with E-state index < -0.39 is 0 Å². The number of amides is 1. The first kappa shape index (κ1) is 11.5. The number of hydrogen-bond donors (Lipinski definition) is 2. The standard InChI is InChI=1S/C11H22N2O/c1-9(12)11(14)13-10-7-5-3-2-4-6-8-10/h9-10H,2-8,12H2,1H3,(H,13,14)/t9-/m0/s1. The highest BCUT2D eigenvalue weighted by Gasteiger charge is 2.15. The van der Waals surface area contributed by atoms with Crippen LogP contribution in [0.5, 0.6) is 0 Å². The first-order chi connectivity index (χ1) is 6.70. The molecule has 1 fully saturated rings. The van der Waals surface area contributed by atoms with E-state index in [0.717, 1.165) is 12.8 Å². The molecule has 1 aliphatic carbocycles. The Bertz CT molecular complexity index is 172. The van der Waals surface area contributed by atoms with Gasteiger partial charge >= 0.3 is 0 Å².